The van der Waals surface area contributed by atoms with Crippen LogP contribution in [0.15, 0.2) is 285 Å². The van der Waals surface area contributed by atoms with E-state index < -0.39 is 0 Å². The van der Waals surface area contributed by atoms with Crippen LogP contribution in [0, 0.1) is 0 Å². The van der Waals surface area contributed by atoms with E-state index >= 15 is 0 Å². The predicted molar refractivity (Wildman–Crippen MR) is 447 cm³/mol. The minimum absolute atomic E-state index is 0.0967. The summed E-state index contributed by atoms with van der Waals surface area (Å²) in [5.41, 5.74) is 25.1. The van der Waals surface area contributed by atoms with Crippen LogP contribution in [0.1, 0.15) is 132 Å². The molecular weight excluding hydrogens is 1260 g/mol. The van der Waals surface area contributed by atoms with Crippen LogP contribution in [-0.4, -0.2) is 18.3 Å². The molecule has 17 rings (SSSR count). The Morgan fingerprint density at radius 1 is 0.192 bits per heavy atom. The van der Waals surface area contributed by atoms with E-state index in [9.17, 15) is 0 Å². The first-order valence-electron chi connectivity index (χ1n) is 37.1. The zero-order valence-corrected chi connectivity index (χ0v) is 62.8. The molecule has 0 spiro atoms. The van der Waals surface area contributed by atoms with E-state index in [1.165, 1.54) is 70.9 Å². The first-order chi connectivity index (χ1) is 49.8. The molecule has 6 nitrogen and oxygen atoms in total. The number of hydrogen-bond acceptors (Lipinski definition) is 2. The van der Waals surface area contributed by atoms with Gasteiger partial charge in [0.05, 0.1) is 55.5 Å². The summed E-state index contributed by atoms with van der Waals surface area (Å²) in [4.78, 5) is 5.25. The summed E-state index contributed by atoms with van der Waals surface area (Å²) < 4.78 is 10.0. The summed E-state index contributed by atoms with van der Waals surface area (Å²) in [6.45, 7) is 35.4. The van der Waals surface area contributed by atoms with Crippen molar-refractivity contribution in [3.63, 3.8) is 0 Å². The number of anilines is 6. The molecule has 6 heteroatoms. The second kappa shape index (κ2) is 24.1. The molecule has 4 aromatic heterocycles. The van der Waals surface area contributed by atoms with Crippen molar-refractivity contribution in [2.24, 2.45) is 0 Å². The Balaban J connectivity index is 1.04. The predicted octanol–water partition coefficient (Wildman–Crippen LogP) is 27.5. The third kappa shape index (κ3) is 11.1. The molecule has 0 fully saturated rings. The topological polar surface area (TPSA) is 26.2 Å². The molecule has 0 saturated heterocycles. The number of para-hydroxylation sites is 6. The van der Waals surface area contributed by atoms with Crippen molar-refractivity contribution in [2.45, 2.75) is 131 Å². The van der Waals surface area contributed by atoms with Crippen LogP contribution in [0.5, 0.6) is 0 Å². The molecule has 0 amide bonds. The monoisotopic (exact) mass is 1350 g/mol. The SMILES string of the molecule is CC(C)(C)c1cc(N(c2cccc(-n3c4ccccc4c4ccccc43)c2)c2cc(C(C)(C)C)cc3c4cc(C(C)(C)C)ccc4n(-c4ccccc4)c23)cc(N(c2cccc(-n3c4ccccc4c4ccccc43)c2)c2cc(C(C)(C)C)cc3c4cc(C(C)(C)C)ccc4n(-c4ccccc4)c23)c1. The lowest BCUT2D eigenvalue weighted by Gasteiger charge is -2.34. The molecule has 0 radical (unpaired) electrons. The summed E-state index contributed by atoms with van der Waals surface area (Å²) in [5, 5.41) is 9.77. The molecule has 0 aliphatic heterocycles. The van der Waals surface area contributed by atoms with Crippen LogP contribution >= 0.6 is 0 Å². The molecule has 0 unspecified atom stereocenters. The van der Waals surface area contributed by atoms with Crippen molar-refractivity contribution in [3.8, 4) is 22.7 Å². The third-order valence-corrected chi connectivity index (χ3v) is 21.8. The highest BCUT2D eigenvalue weighted by molar-refractivity contribution is 6.18. The van der Waals surface area contributed by atoms with Crippen molar-refractivity contribution in [1.29, 1.82) is 0 Å². The van der Waals surface area contributed by atoms with E-state index in [1.807, 2.05) is 0 Å². The molecule has 104 heavy (non-hydrogen) atoms. The van der Waals surface area contributed by atoms with Crippen LogP contribution in [-0.2, 0) is 27.1 Å². The Bertz CT molecular complexity index is 5770. The lowest BCUT2D eigenvalue weighted by atomic mass is 9.84. The summed E-state index contributed by atoms with van der Waals surface area (Å²) in [6, 6.07) is 108. The molecule has 0 aliphatic carbocycles. The van der Waals surface area contributed by atoms with Crippen molar-refractivity contribution in [1.82, 2.24) is 18.3 Å². The van der Waals surface area contributed by atoms with Gasteiger partial charge in [-0.3, -0.25) is 0 Å². The number of nitrogens with zero attached hydrogens (tertiary/aromatic N) is 6. The van der Waals surface area contributed by atoms with Gasteiger partial charge in [-0.1, -0.05) is 237 Å². The van der Waals surface area contributed by atoms with Gasteiger partial charge in [0, 0.05) is 88.6 Å². The lowest BCUT2D eigenvalue weighted by molar-refractivity contribution is 0.590. The summed E-state index contributed by atoms with van der Waals surface area (Å²) in [5.74, 6) is 0. The Labute approximate surface area is 612 Å². The zero-order valence-electron chi connectivity index (χ0n) is 62.8. The second-order valence-corrected chi connectivity index (χ2v) is 34.0. The van der Waals surface area contributed by atoms with Crippen LogP contribution in [0.2, 0.25) is 0 Å². The van der Waals surface area contributed by atoms with Crippen molar-refractivity contribution >= 4 is 121 Å². The van der Waals surface area contributed by atoms with Crippen LogP contribution in [0.3, 0.4) is 0 Å². The first-order valence-corrected chi connectivity index (χ1v) is 37.1. The molecular formula is C98H92N6. The smallest absolute Gasteiger partial charge is 0.0782 e. The quantitative estimate of drug-likeness (QED) is 0.136. The zero-order chi connectivity index (χ0) is 72.1. The molecule has 0 bridgehead atoms. The van der Waals surface area contributed by atoms with Crippen molar-refractivity contribution in [3.05, 3.63) is 313 Å². The van der Waals surface area contributed by atoms with E-state index in [0.717, 1.165) is 101 Å². The highest BCUT2D eigenvalue weighted by atomic mass is 15.2. The van der Waals surface area contributed by atoms with Gasteiger partial charge >= 0.3 is 0 Å². The van der Waals surface area contributed by atoms with Crippen molar-refractivity contribution < 1.29 is 0 Å². The molecule has 17 aromatic rings. The van der Waals surface area contributed by atoms with Crippen LogP contribution < -0.4 is 9.80 Å². The normalized spacial score (nSPS) is 12.8. The van der Waals surface area contributed by atoms with Gasteiger partial charge in [0.2, 0.25) is 0 Å². The molecule has 514 valence electrons. The maximum atomic E-state index is 2.62. The fourth-order valence-corrected chi connectivity index (χ4v) is 16.2. The number of hydrogen-bond donors (Lipinski definition) is 0. The standard InChI is InChI=1S/C98H92N6/c1-94(2,3)63-48-50-88-80(54-63)82-56-66(97(10,11)12)58-90(92(82)103(88)68-32-18-16-19-33-68)99(70-36-30-38-72(60-70)101-84-44-26-22-40-76(84)77-41-23-27-45-85(77)101)74-52-65(96(7,8)9)53-75(62-74)100(71-37-31-39-73(61-71)102-86-46-28-24-42-78(86)79-43-25-29-47-87(79)102)91-59-67(98(13,14)15)57-83-81-55-64(95(4,5)6)49-51-89(81)104(93(83)91)69-34-20-17-21-35-69/h16-62H,1-15H3. The summed E-state index contributed by atoms with van der Waals surface area (Å²) in [6.07, 6.45) is 0. The number of benzene rings is 13. The molecule has 4 heterocycles. The minimum atomic E-state index is -0.354. The van der Waals surface area contributed by atoms with E-state index in [1.54, 1.807) is 0 Å². The fourth-order valence-electron chi connectivity index (χ4n) is 16.2. The van der Waals surface area contributed by atoms with Gasteiger partial charge in [0.1, 0.15) is 0 Å². The lowest BCUT2D eigenvalue weighted by Crippen LogP contribution is -2.20. The van der Waals surface area contributed by atoms with Gasteiger partial charge in [-0.25, -0.2) is 0 Å². The highest BCUT2D eigenvalue weighted by Crippen LogP contribution is 2.53. The number of rotatable bonds is 10. The van der Waals surface area contributed by atoms with Gasteiger partial charge in [0.25, 0.3) is 0 Å². The first kappa shape index (κ1) is 65.9. The van der Waals surface area contributed by atoms with Crippen molar-refractivity contribution in [2.75, 3.05) is 9.80 Å². The van der Waals surface area contributed by atoms with Crippen LogP contribution in [0.25, 0.3) is 110 Å². The maximum absolute atomic E-state index is 2.62. The molecule has 0 aliphatic rings. The van der Waals surface area contributed by atoms with Gasteiger partial charge in [-0.05, 0) is 207 Å². The fraction of sp³-hybridized carbons (Fsp3) is 0.204. The van der Waals surface area contributed by atoms with Gasteiger partial charge in [-0.2, -0.15) is 0 Å². The second-order valence-electron chi connectivity index (χ2n) is 34.0. The van der Waals surface area contributed by atoms with Crippen LogP contribution in [0.4, 0.5) is 34.1 Å². The van der Waals surface area contributed by atoms with Gasteiger partial charge in [0.15, 0.2) is 0 Å². The average molecular weight is 1350 g/mol. The van der Waals surface area contributed by atoms with E-state index in [0.29, 0.717) is 0 Å². The van der Waals surface area contributed by atoms with E-state index in [2.05, 4.69) is 417 Å². The minimum Gasteiger partial charge on any atom is -0.309 e. The Morgan fingerprint density at radius 2 is 0.481 bits per heavy atom. The Kier molecular flexibility index (Phi) is 15.3. The molecule has 0 N–H and O–H groups in total. The number of fused-ring (bicyclic) bond motifs is 12. The average Bonchev–Trinajstić information content (AvgIpc) is 1.42. The maximum Gasteiger partial charge on any atom is 0.0782 e. The summed E-state index contributed by atoms with van der Waals surface area (Å²) >= 11 is 0. The van der Waals surface area contributed by atoms with E-state index in [4.69, 9.17) is 0 Å². The summed E-state index contributed by atoms with van der Waals surface area (Å²) in [7, 11) is 0. The molecule has 0 atom stereocenters. The molecule has 13 aromatic carbocycles. The largest absolute Gasteiger partial charge is 0.309 e. The van der Waals surface area contributed by atoms with E-state index in [-0.39, 0.29) is 27.1 Å². The van der Waals surface area contributed by atoms with Gasteiger partial charge in [-0.15, -0.1) is 0 Å². The van der Waals surface area contributed by atoms with Gasteiger partial charge < -0.3 is 28.1 Å². The third-order valence-electron chi connectivity index (χ3n) is 21.8. The Hall–Kier alpha value is -11.3. The Morgan fingerprint density at radius 3 is 0.817 bits per heavy atom. The molecule has 0 saturated carbocycles. The number of aromatic nitrogens is 4. The highest BCUT2D eigenvalue weighted by Gasteiger charge is 2.33.